The molecule has 1 spiro atoms. The summed E-state index contributed by atoms with van der Waals surface area (Å²) in [5.41, 5.74) is 2.62. The first kappa shape index (κ1) is 18.2. The van der Waals surface area contributed by atoms with Crippen LogP contribution in [0, 0.1) is 12.3 Å². The normalized spacial score (nSPS) is 24.8. The molecule has 0 unspecified atom stereocenters. The van der Waals surface area contributed by atoms with Crippen molar-refractivity contribution in [3.63, 3.8) is 0 Å². The van der Waals surface area contributed by atoms with E-state index in [4.69, 9.17) is 4.74 Å². The molecule has 5 nitrogen and oxygen atoms in total. The van der Waals surface area contributed by atoms with Gasteiger partial charge in [0.1, 0.15) is 5.75 Å². The van der Waals surface area contributed by atoms with Crippen LogP contribution in [0.4, 0.5) is 0 Å². The van der Waals surface area contributed by atoms with Gasteiger partial charge in [-0.2, -0.15) is 0 Å². The number of hydrogen-bond acceptors (Lipinski definition) is 4. The van der Waals surface area contributed by atoms with Crippen molar-refractivity contribution < 1.29 is 14.6 Å². The fourth-order valence-electron chi connectivity index (χ4n) is 4.43. The molecule has 3 rings (SSSR count). The molecule has 138 valence electrons. The van der Waals surface area contributed by atoms with Crippen molar-refractivity contribution in [3.8, 4) is 5.75 Å². The topological polar surface area (TPSA) is 53.0 Å². The number of likely N-dealkylation sites (tertiary alicyclic amines) is 2. The van der Waals surface area contributed by atoms with Crippen LogP contribution in [0.1, 0.15) is 36.8 Å². The van der Waals surface area contributed by atoms with Crippen LogP contribution in [0.2, 0.25) is 0 Å². The van der Waals surface area contributed by atoms with Crippen LogP contribution in [-0.2, 0) is 11.3 Å². The maximum atomic E-state index is 12.1. The predicted octanol–water partition coefficient (Wildman–Crippen LogP) is 2.20. The number of ether oxygens (including phenoxy) is 1. The van der Waals surface area contributed by atoms with Crippen molar-refractivity contribution in [1.29, 1.82) is 0 Å². The number of methoxy groups -OCH3 is 1. The third-order valence-electron chi connectivity index (χ3n) is 5.70. The molecular formula is C20H30N2O3. The molecule has 0 aliphatic carbocycles. The molecule has 0 radical (unpaired) electrons. The average Bonchev–Trinajstić information content (AvgIpc) is 2.60. The van der Waals surface area contributed by atoms with Crippen LogP contribution in [-0.4, -0.2) is 60.7 Å². The third-order valence-corrected chi connectivity index (χ3v) is 5.70. The Morgan fingerprint density at radius 1 is 1.28 bits per heavy atom. The van der Waals surface area contributed by atoms with Crippen molar-refractivity contribution in [3.05, 3.63) is 29.3 Å². The number of β-amino-alcohol motifs (C(OH)–C–C–N with tert-alkyl or cyclic N) is 1. The zero-order valence-corrected chi connectivity index (χ0v) is 15.5. The largest absolute Gasteiger partial charge is 0.496 e. The standard InChI is InChI=1S/C20H30N2O3/c1-16-4-5-17(18(12-16)25-2)13-21-9-3-7-20(14-21)8-6-19(24)22(15-20)10-11-23/h4-5,12,23H,3,6-11,13-15H2,1-2H3/t20-/m1/s1. The molecule has 1 N–H and O–H groups in total. The number of benzene rings is 1. The summed E-state index contributed by atoms with van der Waals surface area (Å²) in [7, 11) is 1.73. The van der Waals surface area contributed by atoms with Gasteiger partial charge >= 0.3 is 0 Å². The van der Waals surface area contributed by atoms with Gasteiger partial charge in [0, 0.05) is 43.6 Å². The molecule has 0 saturated carbocycles. The van der Waals surface area contributed by atoms with Crippen molar-refractivity contribution in [2.45, 2.75) is 39.2 Å². The molecule has 2 heterocycles. The second-order valence-electron chi connectivity index (χ2n) is 7.67. The highest BCUT2D eigenvalue weighted by atomic mass is 16.5. The quantitative estimate of drug-likeness (QED) is 0.888. The van der Waals surface area contributed by atoms with Crippen LogP contribution in [0.3, 0.4) is 0 Å². The summed E-state index contributed by atoms with van der Waals surface area (Å²) in [5.74, 6) is 1.15. The second kappa shape index (κ2) is 7.75. The van der Waals surface area contributed by atoms with Crippen LogP contribution in [0.15, 0.2) is 18.2 Å². The van der Waals surface area contributed by atoms with Crippen LogP contribution >= 0.6 is 0 Å². The number of amides is 1. The smallest absolute Gasteiger partial charge is 0.222 e. The fourth-order valence-corrected chi connectivity index (χ4v) is 4.43. The highest BCUT2D eigenvalue weighted by molar-refractivity contribution is 5.77. The lowest BCUT2D eigenvalue weighted by atomic mass is 9.73. The summed E-state index contributed by atoms with van der Waals surface area (Å²) in [4.78, 5) is 16.4. The minimum Gasteiger partial charge on any atom is -0.496 e. The van der Waals surface area contributed by atoms with Crippen LogP contribution < -0.4 is 4.74 Å². The van der Waals surface area contributed by atoms with Crippen molar-refractivity contribution >= 4 is 5.91 Å². The monoisotopic (exact) mass is 346 g/mol. The summed E-state index contributed by atoms with van der Waals surface area (Å²) < 4.78 is 5.56. The molecule has 0 bridgehead atoms. The van der Waals surface area contributed by atoms with Gasteiger partial charge in [0.2, 0.25) is 5.91 Å². The molecule has 2 aliphatic heterocycles. The van der Waals surface area contributed by atoms with Gasteiger partial charge in [-0.3, -0.25) is 9.69 Å². The van der Waals surface area contributed by atoms with E-state index in [2.05, 4.69) is 30.0 Å². The second-order valence-corrected chi connectivity index (χ2v) is 7.67. The fraction of sp³-hybridized carbons (Fsp3) is 0.650. The van der Waals surface area contributed by atoms with Crippen molar-refractivity contribution in [2.24, 2.45) is 5.41 Å². The highest BCUT2D eigenvalue weighted by Gasteiger charge is 2.41. The zero-order valence-electron chi connectivity index (χ0n) is 15.5. The number of carbonyl (C=O) groups is 1. The van der Waals surface area contributed by atoms with Crippen LogP contribution in [0.5, 0.6) is 5.75 Å². The van der Waals surface area contributed by atoms with E-state index in [-0.39, 0.29) is 17.9 Å². The minimum absolute atomic E-state index is 0.0477. The first-order valence-corrected chi connectivity index (χ1v) is 9.30. The van der Waals surface area contributed by atoms with E-state index in [1.54, 1.807) is 7.11 Å². The number of nitrogens with zero attached hydrogens (tertiary/aromatic N) is 2. The van der Waals surface area contributed by atoms with Gasteiger partial charge in [-0.05, 0) is 44.4 Å². The van der Waals surface area contributed by atoms with Gasteiger partial charge in [-0.1, -0.05) is 12.1 Å². The molecule has 2 saturated heterocycles. The Bertz CT molecular complexity index is 619. The first-order valence-electron chi connectivity index (χ1n) is 9.30. The summed E-state index contributed by atoms with van der Waals surface area (Å²) in [5, 5.41) is 9.23. The van der Waals surface area contributed by atoms with Crippen molar-refractivity contribution in [2.75, 3.05) is 39.9 Å². The molecule has 2 aliphatic rings. The van der Waals surface area contributed by atoms with Gasteiger partial charge < -0.3 is 14.7 Å². The molecular weight excluding hydrogens is 316 g/mol. The maximum Gasteiger partial charge on any atom is 0.222 e. The maximum absolute atomic E-state index is 12.1. The molecule has 1 aromatic carbocycles. The van der Waals surface area contributed by atoms with E-state index in [0.29, 0.717) is 13.0 Å². The zero-order chi connectivity index (χ0) is 17.9. The van der Waals surface area contributed by atoms with Gasteiger partial charge in [0.25, 0.3) is 0 Å². The highest BCUT2D eigenvalue weighted by Crippen LogP contribution is 2.39. The van der Waals surface area contributed by atoms with E-state index < -0.39 is 0 Å². The van der Waals surface area contributed by atoms with Gasteiger partial charge in [0.15, 0.2) is 0 Å². The summed E-state index contributed by atoms with van der Waals surface area (Å²) >= 11 is 0. The Kier molecular flexibility index (Phi) is 5.64. The van der Waals surface area contributed by atoms with Gasteiger partial charge in [0.05, 0.1) is 13.7 Å². The Balaban J connectivity index is 1.70. The summed E-state index contributed by atoms with van der Waals surface area (Å²) in [6, 6.07) is 6.40. The summed E-state index contributed by atoms with van der Waals surface area (Å²) in [6.45, 7) is 6.37. The molecule has 5 heteroatoms. The van der Waals surface area contributed by atoms with Gasteiger partial charge in [-0.15, -0.1) is 0 Å². The number of rotatable bonds is 5. The SMILES string of the molecule is COc1cc(C)ccc1CN1CCC[C@@]2(CCC(=O)N(CCO)C2)C1. The van der Waals surface area contributed by atoms with E-state index in [0.717, 1.165) is 44.8 Å². The lowest BCUT2D eigenvalue weighted by molar-refractivity contribution is -0.140. The van der Waals surface area contributed by atoms with E-state index >= 15 is 0 Å². The van der Waals surface area contributed by atoms with Gasteiger partial charge in [-0.25, -0.2) is 0 Å². The Hall–Kier alpha value is -1.59. The molecule has 25 heavy (non-hydrogen) atoms. The molecule has 1 amide bonds. The Labute approximate surface area is 150 Å². The number of hydrogen-bond donors (Lipinski definition) is 1. The molecule has 0 aromatic heterocycles. The molecule has 1 aromatic rings. The number of aliphatic hydroxyl groups excluding tert-OH is 1. The Morgan fingerprint density at radius 2 is 2.12 bits per heavy atom. The average molecular weight is 346 g/mol. The summed E-state index contributed by atoms with van der Waals surface area (Å²) in [6.07, 6.45) is 3.91. The minimum atomic E-state index is 0.0477. The Morgan fingerprint density at radius 3 is 2.88 bits per heavy atom. The number of aryl methyl sites for hydroxylation is 1. The number of piperidine rings is 2. The van der Waals surface area contributed by atoms with E-state index in [9.17, 15) is 9.90 Å². The third kappa shape index (κ3) is 4.15. The molecule has 2 fully saturated rings. The number of carbonyl (C=O) groups excluding carboxylic acids is 1. The van der Waals surface area contributed by atoms with E-state index in [1.165, 1.54) is 17.5 Å². The molecule has 1 atom stereocenters. The lowest BCUT2D eigenvalue weighted by Crippen LogP contribution is -2.54. The van der Waals surface area contributed by atoms with Crippen LogP contribution in [0.25, 0.3) is 0 Å². The lowest BCUT2D eigenvalue weighted by Gasteiger charge is -2.48. The van der Waals surface area contributed by atoms with Crippen molar-refractivity contribution in [1.82, 2.24) is 9.80 Å². The predicted molar refractivity (Wildman–Crippen MR) is 97.6 cm³/mol. The first-order chi connectivity index (χ1) is 12.0. The number of aliphatic hydroxyl groups is 1. The van der Waals surface area contributed by atoms with E-state index in [1.807, 2.05) is 4.90 Å².